The quantitative estimate of drug-likeness (QED) is 0.299. The van der Waals surface area contributed by atoms with E-state index in [2.05, 4.69) is 15.8 Å². The van der Waals surface area contributed by atoms with Gasteiger partial charge in [0.05, 0.1) is 31.8 Å². The summed E-state index contributed by atoms with van der Waals surface area (Å²) in [6, 6.07) is 13.5. The molecule has 9 nitrogen and oxygen atoms in total. The van der Waals surface area contributed by atoms with Gasteiger partial charge < -0.3 is 23.9 Å². The SMILES string of the molecule is CCOc1cc(C(=O)N/N=C(\C)c2ccc(NC(=O)c3ccco3)cc2)cc(OCC)c1OCC. The van der Waals surface area contributed by atoms with Gasteiger partial charge in [-0.3, -0.25) is 9.59 Å². The molecule has 0 fully saturated rings. The summed E-state index contributed by atoms with van der Waals surface area (Å²) in [6.45, 7) is 8.59. The number of benzene rings is 2. The van der Waals surface area contributed by atoms with Gasteiger partial charge in [0, 0.05) is 11.3 Å². The molecular weight excluding hydrogens is 450 g/mol. The minimum Gasteiger partial charge on any atom is -0.490 e. The first-order valence-electron chi connectivity index (χ1n) is 11.3. The number of carbonyl (C=O) groups is 2. The second kappa shape index (κ2) is 12.3. The number of anilines is 1. The molecule has 0 unspecified atom stereocenters. The first-order chi connectivity index (χ1) is 17.0. The van der Waals surface area contributed by atoms with Crippen LogP contribution in [0.2, 0.25) is 0 Å². The highest BCUT2D eigenvalue weighted by Gasteiger charge is 2.18. The van der Waals surface area contributed by atoms with E-state index in [0.717, 1.165) is 5.56 Å². The van der Waals surface area contributed by atoms with Gasteiger partial charge in [0.1, 0.15) is 0 Å². The van der Waals surface area contributed by atoms with E-state index in [-0.39, 0.29) is 11.7 Å². The minimum atomic E-state index is -0.420. The predicted molar refractivity (Wildman–Crippen MR) is 133 cm³/mol. The molecule has 9 heteroatoms. The Morgan fingerprint density at radius 2 is 1.49 bits per heavy atom. The minimum absolute atomic E-state index is 0.226. The summed E-state index contributed by atoms with van der Waals surface area (Å²) in [7, 11) is 0. The molecule has 35 heavy (non-hydrogen) atoms. The summed E-state index contributed by atoms with van der Waals surface area (Å²) in [5.41, 5.74) is 4.86. The topological polar surface area (TPSA) is 111 Å². The van der Waals surface area contributed by atoms with Crippen molar-refractivity contribution >= 4 is 23.2 Å². The van der Waals surface area contributed by atoms with Crippen molar-refractivity contribution in [1.82, 2.24) is 5.43 Å². The van der Waals surface area contributed by atoms with Crippen LogP contribution in [0, 0.1) is 0 Å². The first-order valence-corrected chi connectivity index (χ1v) is 11.3. The summed E-state index contributed by atoms with van der Waals surface area (Å²) >= 11 is 0. The Morgan fingerprint density at radius 3 is 2.03 bits per heavy atom. The average Bonchev–Trinajstić information content (AvgIpc) is 3.40. The molecule has 1 aromatic heterocycles. The Hall–Kier alpha value is -4.27. The van der Waals surface area contributed by atoms with Crippen LogP contribution in [-0.4, -0.2) is 37.3 Å². The van der Waals surface area contributed by atoms with Gasteiger partial charge in [-0.05, 0) is 69.7 Å². The van der Waals surface area contributed by atoms with Gasteiger partial charge in [0.15, 0.2) is 17.3 Å². The normalized spacial score (nSPS) is 11.0. The lowest BCUT2D eigenvalue weighted by atomic mass is 10.1. The summed E-state index contributed by atoms with van der Waals surface area (Å²) in [4.78, 5) is 24.9. The van der Waals surface area contributed by atoms with Crippen LogP contribution in [0.25, 0.3) is 0 Å². The van der Waals surface area contributed by atoms with Crippen molar-refractivity contribution in [3.8, 4) is 17.2 Å². The number of ether oxygens (including phenoxy) is 3. The predicted octanol–water partition coefficient (Wildman–Crippen LogP) is 4.88. The third-order valence-electron chi connectivity index (χ3n) is 4.80. The Morgan fingerprint density at radius 1 is 0.857 bits per heavy atom. The molecule has 0 spiro atoms. The highest BCUT2D eigenvalue weighted by molar-refractivity contribution is 6.03. The van der Waals surface area contributed by atoms with Gasteiger partial charge in [-0.25, -0.2) is 5.43 Å². The van der Waals surface area contributed by atoms with E-state index in [4.69, 9.17) is 18.6 Å². The van der Waals surface area contributed by atoms with E-state index in [1.165, 1.54) is 6.26 Å². The molecule has 1 heterocycles. The van der Waals surface area contributed by atoms with Gasteiger partial charge in [-0.2, -0.15) is 5.10 Å². The van der Waals surface area contributed by atoms with Crippen LogP contribution in [0.5, 0.6) is 17.2 Å². The third kappa shape index (κ3) is 6.63. The first kappa shape index (κ1) is 25.4. The molecule has 3 aromatic rings. The number of carbonyl (C=O) groups excluding carboxylic acids is 2. The zero-order valence-electron chi connectivity index (χ0n) is 20.2. The molecule has 184 valence electrons. The molecule has 0 atom stereocenters. The molecule has 0 aliphatic carbocycles. The summed E-state index contributed by atoms with van der Waals surface area (Å²) in [6.07, 6.45) is 1.44. The third-order valence-corrected chi connectivity index (χ3v) is 4.80. The Labute approximate surface area is 204 Å². The fourth-order valence-corrected chi connectivity index (χ4v) is 3.18. The van der Waals surface area contributed by atoms with Crippen molar-refractivity contribution in [3.05, 3.63) is 71.7 Å². The summed E-state index contributed by atoms with van der Waals surface area (Å²) < 4.78 is 22.1. The molecule has 0 saturated carbocycles. The van der Waals surface area contributed by atoms with Crippen LogP contribution in [0.1, 0.15) is 54.2 Å². The zero-order chi connectivity index (χ0) is 25.2. The van der Waals surface area contributed by atoms with Crippen LogP contribution in [-0.2, 0) is 0 Å². The maximum absolute atomic E-state index is 12.8. The molecule has 2 amide bonds. The molecule has 0 aliphatic heterocycles. The lowest BCUT2D eigenvalue weighted by Crippen LogP contribution is -2.20. The van der Waals surface area contributed by atoms with Gasteiger partial charge in [0.2, 0.25) is 5.75 Å². The fraction of sp³-hybridized carbons (Fsp3) is 0.269. The molecule has 0 aliphatic rings. The van der Waals surface area contributed by atoms with Crippen molar-refractivity contribution in [3.63, 3.8) is 0 Å². The molecule has 2 aromatic carbocycles. The van der Waals surface area contributed by atoms with Crippen LogP contribution in [0.3, 0.4) is 0 Å². The van der Waals surface area contributed by atoms with Crippen molar-refractivity contribution in [2.24, 2.45) is 5.10 Å². The van der Waals surface area contributed by atoms with Crippen molar-refractivity contribution in [2.75, 3.05) is 25.1 Å². The number of amides is 2. The molecule has 3 rings (SSSR count). The second-order valence-corrected chi connectivity index (χ2v) is 7.25. The van der Waals surface area contributed by atoms with Crippen LogP contribution in [0.4, 0.5) is 5.69 Å². The molecule has 0 saturated heterocycles. The van der Waals surface area contributed by atoms with Gasteiger partial charge in [-0.15, -0.1) is 0 Å². The molecule has 2 N–H and O–H groups in total. The largest absolute Gasteiger partial charge is 0.490 e. The fourth-order valence-electron chi connectivity index (χ4n) is 3.18. The molecule has 0 bridgehead atoms. The lowest BCUT2D eigenvalue weighted by molar-refractivity contribution is 0.0952. The Bertz CT molecular complexity index is 1140. The average molecular weight is 480 g/mol. The lowest BCUT2D eigenvalue weighted by Gasteiger charge is -2.16. The van der Waals surface area contributed by atoms with Gasteiger partial charge in [-0.1, -0.05) is 12.1 Å². The van der Waals surface area contributed by atoms with E-state index in [9.17, 15) is 9.59 Å². The number of hydrazone groups is 1. The van der Waals surface area contributed by atoms with Crippen LogP contribution < -0.4 is 25.0 Å². The Kier molecular flexibility index (Phi) is 8.89. The Balaban J connectivity index is 1.72. The molecular formula is C26H29N3O6. The maximum Gasteiger partial charge on any atom is 0.291 e. The van der Waals surface area contributed by atoms with Crippen LogP contribution >= 0.6 is 0 Å². The van der Waals surface area contributed by atoms with Gasteiger partial charge in [0.25, 0.3) is 11.8 Å². The summed E-state index contributed by atoms with van der Waals surface area (Å²) in [5, 5.41) is 6.96. The highest BCUT2D eigenvalue weighted by atomic mass is 16.5. The smallest absolute Gasteiger partial charge is 0.291 e. The zero-order valence-corrected chi connectivity index (χ0v) is 20.2. The van der Waals surface area contributed by atoms with Crippen molar-refractivity contribution in [1.29, 1.82) is 0 Å². The summed E-state index contributed by atoms with van der Waals surface area (Å²) in [5.74, 6) is 0.789. The maximum atomic E-state index is 12.8. The number of rotatable bonds is 11. The molecule has 0 radical (unpaired) electrons. The number of hydrogen-bond acceptors (Lipinski definition) is 7. The van der Waals surface area contributed by atoms with Crippen LogP contribution in [0.15, 0.2) is 64.3 Å². The van der Waals surface area contributed by atoms with E-state index < -0.39 is 5.91 Å². The highest BCUT2D eigenvalue weighted by Crippen LogP contribution is 2.39. The standard InChI is InChI=1S/C26H29N3O6/c1-5-32-22-15-19(16-23(33-6-2)24(22)34-7-3)25(30)29-28-17(4)18-10-12-20(13-11-18)27-26(31)21-9-8-14-35-21/h8-16H,5-7H2,1-4H3,(H,27,31)(H,29,30)/b28-17+. The number of nitrogens with one attached hydrogen (secondary N) is 2. The van der Waals surface area contributed by atoms with E-state index >= 15 is 0 Å². The number of furan rings is 1. The van der Waals surface area contributed by atoms with E-state index in [1.807, 2.05) is 20.8 Å². The van der Waals surface area contributed by atoms with E-state index in [1.54, 1.807) is 55.5 Å². The van der Waals surface area contributed by atoms with Crippen molar-refractivity contribution < 1.29 is 28.2 Å². The number of hydrogen-bond donors (Lipinski definition) is 2. The number of nitrogens with zero attached hydrogens (tertiary/aromatic N) is 1. The van der Waals surface area contributed by atoms with Gasteiger partial charge >= 0.3 is 0 Å². The monoisotopic (exact) mass is 479 g/mol. The van der Waals surface area contributed by atoms with E-state index in [0.29, 0.717) is 54.0 Å². The second-order valence-electron chi connectivity index (χ2n) is 7.25. The van der Waals surface area contributed by atoms with Crippen molar-refractivity contribution in [2.45, 2.75) is 27.7 Å².